The molecule has 0 saturated carbocycles. The van der Waals surface area contributed by atoms with Crippen LogP contribution in [0.1, 0.15) is 58.2 Å². The third kappa shape index (κ3) is 1.78. The van der Waals surface area contributed by atoms with Crippen LogP contribution in [0.5, 0.6) is 0 Å². The summed E-state index contributed by atoms with van der Waals surface area (Å²) in [5.74, 6) is -0.0656. The molecule has 0 spiro atoms. The van der Waals surface area contributed by atoms with Crippen LogP contribution in [0.3, 0.4) is 0 Å². The van der Waals surface area contributed by atoms with Gasteiger partial charge in [0.15, 0.2) is 0 Å². The van der Waals surface area contributed by atoms with Gasteiger partial charge < -0.3 is 0 Å². The maximum Gasteiger partial charge on any atom is 0.133 e. The molecule has 2 rings (SSSR count). The second-order valence-corrected chi connectivity index (χ2v) is 7.80. The molecule has 0 saturated heterocycles. The first kappa shape index (κ1) is 14.3. The number of allylic oxidation sites excluding steroid dienone is 1. The van der Waals surface area contributed by atoms with Crippen LogP contribution in [0.2, 0.25) is 0 Å². The summed E-state index contributed by atoms with van der Waals surface area (Å²) >= 11 is 0. The van der Waals surface area contributed by atoms with Crippen molar-refractivity contribution >= 4 is 6.08 Å². The number of rotatable bonds is 0. The van der Waals surface area contributed by atoms with Crippen molar-refractivity contribution in [3.05, 3.63) is 40.7 Å². The van der Waals surface area contributed by atoms with Gasteiger partial charge in [-0.05, 0) is 28.9 Å². The maximum absolute atomic E-state index is 14.4. The summed E-state index contributed by atoms with van der Waals surface area (Å²) in [6, 6.07) is 4.03. The third-order valence-electron chi connectivity index (χ3n) is 4.66. The Bertz CT molecular complexity index is 522. The van der Waals surface area contributed by atoms with Crippen molar-refractivity contribution in [2.75, 3.05) is 0 Å². The molecule has 0 radical (unpaired) electrons. The fourth-order valence-corrected chi connectivity index (χ4v) is 3.94. The van der Waals surface area contributed by atoms with Crippen molar-refractivity contribution in [2.45, 2.75) is 53.9 Å². The fraction of sp³-hybridized carbons (Fsp3) is 0.556. The van der Waals surface area contributed by atoms with E-state index < -0.39 is 0 Å². The van der Waals surface area contributed by atoms with E-state index in [0.717, 1.165) is 16.7 Å². The average Bonchev–Trinajstić information content (AvgIpc) is 2.62. The Kier molecular flexibility index (Phi) is 2.97. The summed E-state index contributed by atoms with van der Waals surface area (Å²) in [6.45, 7) is 15.3. The Morgan fingerprint density at radius 3 is 1.95 bits per heavy atom. The number of aryl methyl sites for hydroxylation is 1. The molecule has 1 aliphatic rings. The minimum absolute atomic E-state index is 0.0364. The van der Waals surface area contributed by atoms with Crippen LogP contribution in [0.4, 0.5) is 4.39 Å². The highest BCUT2D eigenvalue weighted by Gasteiger charge is 2.52. The number of halogens is 1. The van der Waals surface area contributed by atoms with E-state index in [4.69, 9.17) is 0 Å². The minimum Gasteiger partial charge on any atom is -0.206 e. The van der Waals surface area contributed by atoms with Gasteiger partial charge in [0.05, 0.1) is 0 Å². The lowest BCUT2D eigenvalue weighted by Crippen LogP contribution is -2.48. The van der Waals surface area contributed by atoms with Crippen LogP contribution in [-0.2, 0) is 5.41 Å². The molecule has 1 aromatic rings. The van der Waals surface area contributed by atoms with Crippen molar-refractivity contribution in [1.29, 1.82) is 0 Å². The van der Waals surface area contributed by atoms with E-state index >= 15 is 0 Å². The monoisotopic (exact) mass is 260 g/mol. The Morgan fingerprint density at radius 2 is 1.47 bits per heavy atom. The second kappa shape index (κ2) is 3.94. The molecular formula is C18H25F. The molecule has 0 fully saturated rings. The summed E-state index contributed by atoms with van der Waals surface area (Å²) in [5.41, 5.74) is 2.58. The first-order valence-corrected chi connectivity index (χ1v) is 7.01. The fourth-order valence-electron chi connectivity index (χ4n) is 3.94. The van der Waals surface area contributed by atoms with Crippen molar-refractivity contribution in [2.24, 2.45) is 10.8 Å². The predicted octanol–water partition coefficient (Wildman–Crippen LogP) is 5.49. The highest BCUT2D eigenvalue weighted by atomic mass is 19.1. The van der Waals surface area contributed by atoms with Crippen LogP contribution in [0.25, 0.3) is 6.08 Å². The van der Waals surface area contributed by atoms with Gasteiger partial charge >= 0.3 is 0 Å². The van der Waals surface area contributed by atoms with Gasteiger partial charge in [-0.3, -0.25) is 0 Å². The first-order chi connectivity index (χ1) is 8.52. The molecule has 0 atom stereocenters. The van der Waals surface area contributed by atoms with Gasteiger partial charge in [-0.2, -0.15) is 0 Å². The highest BCUT2D eigenvalue weighted by Crippen LogP contribution is 2.58. The van der Waals surface area contributed by atoms with E-state index in [1.54, 1.807) is 0 Å². The SMILES string of the molecule is Cc1ccc2c(c1F)C=CC2(C(C)(C)C)C(C)(C)C. The lowest BCUT2D eigenvalue weighted by atomic mass is 9.52. The molecular weight excluding hydrogens is 235 g/mol. The van der Waals surface area contributed by atoms with Crippen LogP contribution in [0.15, 0.2) is 18.2 Å². The average molecular weight is 260 g/mol. The van der Waals surface area contributed by atoms with Crippen LogP contribution < -0.4 is 0 Å². The Balaban J connectivity index is 2.80. The zero-order chi connectivity index (χ0) is 14.6. The van der Waals surface area contributed by atoms with E-state index in [2.05, 4.69) is 53.7 Å². The highest BCUT2D eigenvalue weighted by molar-refractivity contribution is 5.68. The lowest BCUT2D eigenvalue weighted by Gasteiger charge is -2.51. The molecule has 0 N–H and O–H groups in total. The minimum atomic E-state index is -0.135. The number of hydrogen-bond acceptors (Lipinski definition) is 0. The van der Waals surface area contributed by atoms with Gasteiger partial charge in [-0.15, -0.1) is 0 Å². The van der Waals surface area contributed by atoms with Gasteiger partial charge in [0.2, 0.25) is 0 Å². The Morgan fingerprint density at radius 1 is 0.947 bits per heavy atom. The number of hydrogen-bond donors (Lipinski definition) is 0. The maximum atomic E-state index is 14.4. The van der Waals surface area contributed by atoms with Gasteiger partial charge in [0, 0.05) is 11.0 Å². The summed E-state index contributed by atoms with van der Waals surface area (Å²) < 4.78 is 14.4. The Labute approximate surface area is 116 Å². The molecule has 104 valence electrons. The summed E-state index contributed by atoms with van der Waals surface area (Å²) in [5, 5.41) is 0. The second-order valence-electron chi connectivity index (χ2n) is 7.80. The molecule has 19 heavy (non-hydrogen) atoms. The van der Waals surface area contributed by atoms with E-state index in [1.165, 1.54) is 0 Å². The standard InChI is InChI=1S/C18H25F/c1-12-8-9-14-13(15(12)19)10-11-18(14,16(2,3)4)17(5,6)7/h8-11H,1-7H3. The molecule has 0 nitrogen and oxygen atoms in total. The molecule has 0 bridgehead atoms. The molecule has 0 aromatic heterocycles. The molecule has 0 unspecified atom stereocenters. The van der Waals surface area contributed by atoms with Crippen LogP contribution >= 0.6 is 0 Å². The van der Waals surface area contributed by atoms with Gasteiger partial charge in [0.1, 0.15) is 5.82 Å². The largest absolute Gasteiger partial charge is 0.206 e. The number of fused-ring (bicyclic) bond motifs is 1. The van der Waals surface area contributed by atoms with Crippen molar-refractivity contribution < 1.29 is 4.39 Å². The third-order valence-corrected chi connectivity index (χ3v) is 4.66. The van der Waals surface area contributed by atoms with Gasteiger partial charge in [-0.25, -0.2) is 4.39 Å². The van der Waals surface area contributed by atoms with Crippen LogP contribution in [0, 0.1) is 23.6 Å². The summed E-state index contributed by atoms with van der Waals surface area (Å²) in [7, 11) is 0. The predicted molar refractivity (Wildman–Crippen MR) is 80.8 cm³/mol. The van der Waals surface area contributed by atoms with E-state index in [9.17, 15) is 4.39 Å². The van der Waals surface area contributed by atoms with Gasteiger partial charge in [-0.1, -0.05) is 65.8 Å². The quantitative estimate of drug-likeness (QED) is 0.578. The summed E-state index contributed by atoms with van der Waals surface area (Å²) in [6.07, 6.45) is 4.20. The normalized spacial score (nSPS) is 17.7. The zero-order valence-corrected chi connectivity index (χ0v) is 13.2. The van der Waals surface area contributed by atoms with Crippen molar-refractivity contribution in [1.82, 2.24) is 0 Å². The van der Waals surface area contributed by atoms with E-state index in [1.807, 2.05) is 19.1 Å². The molecule has 1 heteroatoms. The zero-order valence-electron chi connectivity index (χ0n) is 13.2. The summed E-state index contributed by atoms with van der Waals surface area (Å²) in [4.78, 5) is 0. The topological polar surface area (TPSA) is 0 Å². The van der Waals surface area contributed by atoms with Crippen LogP contribution in [-0.4, -0.2) is 0 Å². The molecule has 0 aliphatic heterocycles. The molecule has 1 aliphatic carbocycles. The lowest BCUT2D eigenvalue weighted by molar-refractivity contribution is 0.101. The Hall–Kier alpha value is -1.11. The van der Waals surface area contributed by atoms with E-state index in [-0.39, 0.29) is 22.1 Å². The van der Waals surface area contributed by atoms with E-state index in [0.29, 0.717) is 0 Å². The first-order valence-electron chi connectivity index (χ1n) is 7.01. The van der Waals surface area contributed by atoms with Gasteiger partial charge in [0.25, 0.3) is 0 Å². The van der Waals surface area contributed by atoms with Crippen molar-refractivity contribution in [3.63, 3.8) is 0 Å². The smallest absolute Gasteiger partial charge is 0.133 e. The number of benzene rings is 1. The molecule has 0 heterocycles. The molecule has 0 amide bonds. The molecule has 1 aromatic carbocycles. The van der Waals surface area contributed by atoms with Crippen molar-refractivity contribution in [3.8, 4) is 0 Å².